The van der Waals surface area contributed by atoms with Crippen LogP contribution in [0.5, 0.6) is 5.75 Å². The average molecular weight is 349 g/mol. The monoisotopic (exact) mass is 349 g/mol. The number of carbonyl (C=O) groups is 1. The van der Waals surface area contributed by atoms with Crippen molar-refractivity contribution in [1.82, 2.24) is 14.8 Å². The van der Waals surface area contributed by atoms with Crippen molar-refractivity contribution in [2.24, 2.45) is 0 Å². The van der Waals surface area contributed by atoms with Crippen LogP contribution in [0.4, 0.5) is 0 Å². The predicted molar refractivity (Wildman–Crippen MR) is 101 cm³/mol. The van der Waals surface area contributed by atoms with E-state index in [-0.39, 0.29) is 5.91 Å². The first kappa shape index (κ1) is 16.8. The summed E-state index contributed by atoms with van der Waals surface area (Å²) in [6.45, 7) is 5.08. The van der Waals surface area contributed by atoms with Crippen molar-refractivity contribution in [1.29, 1.82) is 0 Å². The van der Waals surface area contributed by atoms with Crippen LogP contribution in [0, 0.1) is 0 Å². The third-order valence-corrected chi connectivity index (χ3v) is 4.97. The summed E-state index contributed by atoms with van der Waals surface area (Å²) >= 11 is 0. The minimum atomic E-state index is 0.0798. The third-order valence-electron chi connectivity index (χ3n) is 4.97. The molecule has 5 heteroatoms. The number of amides is 1. The predicted octanol–water partition coefficient (Wildman–Crippen LogP) is 2.37. The Morgan fingerprint density at radius 3 is 2.73 bits per heavy atom. The fourth-order valence-corrected chi connectivity index (χ4v) is 3.47. The Balaban J connectivity index is 1.28. The van der Waals surface area contributed by atoms with E-state index in [0.29, 0.717) is 0 Å². The molecule has 0 saturated carbocycles. The lowest BCUT2D eigenvalue weighted by Crippen LogP contribution is -2.47. The molecular formula is C21H23N3O2. The van der Waals surface area contributed by atoms with Gasteiger partial charge in [-0.3, -0.25) is 14.7 Å². The number of aromatic nitrogens is 1. The van der Waals surface area contributed by atoms with E-state index in [0.717, 1.165) is 57.1 Å². The normalized spacial score (nSPS) is 17.3. The van der Waals surface area contributed by atoms with Gasteiger partial charge < -0.3 is 9.64 Å². The highest BCUT2D eigenvalue weighted by atomic mass is 16.5. The summed E-state index contributed by atoms with van der Waals surface area (Å²) in [5, 5.41) is 0. The summed E-state index contributed by atoms with van der Waals surface area (Å²) in [7, 11) is 0. The summed E-state index contributed by atoms with van der Waals surface area (Å²) in [6, 6.07) is 10.3. The number of nitrogens with zero attached hydrogens (tertiary/aromatic N) is 3. The van der Waals surface area contributed by atoms with Gasteiger partial charge in [0.05, 0.1) is 6.61 Å². The zero-order valence-corrected chi connectivity index (χ0v) is 14.8. The van der Waals surface area contributed by atoms with E-state index >= 15 is 0 Å². The Morgan fingerprint density at radius 1 is 1.12 bits per heavy atom. The Bertz CT molecular complexity index is 796. The Hall–Kier alpha value is -2.66. The summed E-state index contributed by atoms with van der Waals surface area (Å²) in [5.74, 6) is 1.11. The molecule has 2 aliphatic heterocycles. The lowest BCUT2D eigenvalue weighted by Gasteiger charge is -2.34. The van der Waals surface area contributed by atoms with Gasteiger partial charge in [-0.05, 0) is 41.0 Å². The fourth-order valence-electron chi connectivity index (χ4n) is 3.47. The van der Waals surface area contributed by atoms with Crippen LogP contribution < -0.4 is 4.74 Å². The smallest absolute Gasteiger partial charge is 0.246 e. The third kappa shape index (κ3) is 3.94. The van der Waals surface area contributed by atoms with Crippen LogP contribution in [0.1, 0.15) is 16.7 Å². The molecule has 0 radical (unpaired) electrons. The van der Waals surface area contributed by atoms with Crippen LogP contribution in [0.15, 0.2) is 48.8 Å². The van der Waals surface area contributed by atoms with Crippen molar-refractivity contribution in [3.05, 3.63) is 65.5 Å². The number of fused-ring (bicyclic) bond motifs is 1. The molecule has 0 spiro atoms. The van der Waals surface area contributed by atoms with Gasteiger partial charge >= 0.3 is 0 Å². The molecule has 2 aromatic rings. The highest BCUT2D eigenvalue weighted by molar-refractivity contribution is 5.91. The number of piperazine rings is 1. The van der Waals surface area contributed by atoms with Crippen LogP contribution in [0.2, 0.25) is 0 Å². The van der Waals surface area contributed by atoms with Gasteiger partial charge in [-0.15, -0.1) is 0 Å². The molecule has 134 valence electrons. The van der Waals surface area contributed by atoms with Crippen LogP contribution in [0.3, 0.4) is 0 Å². The first-order valence-corrected chi connectivity index (χ1v) is 9.12. The van der Waals surface area contributed by atoms with Crippen molar-refractivity contribution in [2.45, 2.75) is 13.0 Å². The number of rotatable bonds is 4. The van der Waals surface area contributed by atoms with Gasteiger partial charge in [0, 0.05) is 57.6 Å². The maximum Gasteiger partial charge on any atom is 0.246 e. The molecule has 26 heavy (non-hydrogen) atoms. The molecule has 0 N–H and O–H groups in total. The topological polar surface area (TPSA) is 45.7 Å². The minimum absolute atomic E-state index is 0.0798. The molecule has 5 nitrogen and oxygen atoms in total. The quantitative estimate of drug-likeness (QED) is 0.795. The van der Waals surface area contributed by atoms with Crippen LogP contribution in [-0.2, 0) is 17.8 Å². The molecule has 1 saturated heterocycles. The molecule has 0 bridgehead atoms. The molecular weight excluding hydrogens is 326 g/mol. The molecule has 0 aliphatic carbocycles. The number of ether oxygens (including phenoxy) is 1. The van der Waals surface area contributed by atoms with E-state index in [1.54, 1.807) is 18.5 Å². The molecule has 2 aliphatic rings. The Morgan fingerprint density at radius 2 is 1.92 bits per heavy atom. The summed E-state index contributed by atoms with van der Waals surface area (Å²) < 4.78 is 5.57. The lowest BCUT2D eigenvalue weighted by atomic mass is 10.1. The van der Waals surface area contributed by atoms with Crippen molar-refractivity contribution < 1.29 is 9.53 Å². The second kappa shape index (κ2) is 7.70. The number of benzene rings is 1. The first-order chi connectivity index (χ1) is 12.8. The van der Waals surface area contributed by atoms with E-state index in [9.17, 15) is 4.79 Å². The van der Waals surface area contributed by atoms with Crippen LogP contribution >= 0.6 is 0 Å². The molecule has 1 fully saturated rings. The molecule has 0 atom stereocenters. The Labute approximate surface area is 153 Å². The lowest BCUT2D eigenvalue weighted by molar-refractivity contribution is -0.127. The first-order valence-electron chi connectivity index (χ1n) is 9.12. The zero-order chi connectivity index (χ0) is 17.8. The van der Waals surface area contributed by atoms with Gasteiger partial charge in [0.15, 0.2) is 0 Å². The van der Waals surface area contributed by atoms with Crippen LogP contribution in [0.25, 0.3) is 6.08 Å². The molecule has 0 unspecified atom stereocenters. The van der Waals surface area contributed by atoms with E-state index in [1.165, 1.54) is 11.1 Å². The van der Waals surface area contributed by atoms with Crippen molar-refractivity contribution in [3.63, 3.8) is 0 Å². The standard InChI is InChI=1S/C21H23N3O2/c25-21(4-2-17-5-8-22-9-6-17)24-12-10-23(11-13-24)16-18-1-3-20-19(15-18)7-14-26-20/h1-6,8-9,15H,7,10-14,16H2/b4-2+. The highest BCUT2D eigenvalue weighted by Gasteiger charge is 2.20. The largest absolute Gasteiger partial charge is 0.493 e. The maximum atomic E-state index is 12.4. The van der Waals surface area contributed by atoms with Crippen molar-refractivity contribution in [2.75, 3.05) is 32.8 Å². The molecule has 1 aromatic carbocycles. The molecule has 1 aromatic heterocycles. The molecule has 3 heterocycles. The minimum Gasteiger partial charge on any atom is -0.493 e. The Kier molecular flexibility index (Phi) is 4.97. The van der Waals surface area contributed by atoms with E-state index in [2.05, 4.69) is 28.1 Å². The van der Waals surface area contributed by atoms with E-state index < -0.39 is 0 Å². The van der Waals surface area contributed by atoms with Gasteiger partial charge in [0.2, 0.25) is 5.91 Å². The number of pyridine rings is 1. The zero-order valence-electron chi connectivity index (χ0n) is 14.8. The summed E-state index contributed by atoms with van der Waals surface area (Å²) in [5.41, 5.74) is 3.64. The van der Waals surface area contributed by atoms with Gasteiger partial charge in [0.25, 0.3) is 0 Å². The maximum absolute atomic E-state index is 12.4. The average Bonchev–Trinajstić information content (AvgIpc) is 3.15. The summed E-state index contributed by atoms with van der Waals surface area (Å²) in [6.07, 6.45) is 7.98. The fraction of sp³-hybridized carbons (Fsp3) is 0.333. The van der Waals surface area contributed by atoms with Gasteiger partial charge in [-0.1, -0.05) is 12.1 Å². The molecule has 4 rings (SSSR count). The van der Waals surface area contributed by atoms with E-state index in [4.69, 9.17) is 4.74 Å². The van der Waals surface area contributed by atoms with E-state index in [1.807, 2.05) is 23.1 Å². The highest BCUT2D eigenvalue weighted by Crippen LogP contribution is 2.26. The second-order valence-electron chi connectivity index (χ2n) is 6.76. The van der Waals surface area contributed by atoms with Gasteiger partial charge in [0.1, 0.15) is 5.75 Å². The van der Waals surface area contributed by atoms with Crippen molar-refractivity contribution in [3.8, 4) is 5.75 Å². The van der Waals surface area contributed by atoms with Gasteiger partial charge in [-0.2, -0.15) is 0 Å². The number of hydrogen-bond donors (Lipinski definition) is 0. The summed E-state index contributed by atoms with van der Waals surface area (Å²) in [4.78, 5) is 20.7. The number of carbonyl (C=O) groups excluding carboxylic acids is 1. The second-order valence-corrected chi connectivity index (χ2v) is 6.76. The SMILES string of the molecule is O=C(/C=C/c1ccncc1)N1CCN(Cc2ccc3c(c2)CCO3)CC1. The molecule has 1 amide bonds. The number of hydrogen-bond acceptors (Lipinski definition) is 4. The van der Waals surface area contributed by atoms with Crippen molar-refractivity contribution >= 4 is 12.0 Å². The van der Waals surface area contributed by atoms with Gasteiger partial charge in [-0.25, -0.2) is 0 Å². The van der Waals surface area contributed by atoms with Crippen LogP contribution in [-0.4, -0.2) is 53.5 Å².